The average Bonchev–Trinajstić information content (AvgIpc) is 2.68. The van der Waals surface area contributed by atoms with Crippen molar-refractivity contribution in [3.8, 4) is 11.1 Å². The van der Waals surface area contributed by atoms with Gasteiger partial charge in [0.25, 0.3) is 0 Å². The SMILES string of the molecule is O=C(O)c1cc(-c2cncnc2)c[nH]1. The molecule has 0 bridgehead atoms. The first kappa shape index (κ1) is 8.43. The van der Waals surface area contributed by atoms with Crippen molar-refractivity contribution >= 4 is 5.97 Å². The van der Waals surface area contributed by atoms with E-state index in [9.17, 15) is 4.79 Å². The Kier molecular flexibility index (Phi) is 1.98. The van der Waals surface area contributed by atoms with E-state index in [1.54, 1.807) is 24.7 Å². The lowest BCUT2D eigenvalue weighted by molar-refractivity contribution is 0.0691. The minimum atomic E-state index is -0.979. The lowest BCUT2D eigenvalue weighted by Crippen LogP contribution is -1.94. The first-order valence-corrected chi connectivity index (χ1v) is 3.94. The molecule has 0 aliphatic carbocycles. The smallest absolute Gasteiger partial charge is 0.352 e. The van der Waals surface area contributed by atoms with Gasteiger partial charge in [0, 0.05) is 29.7 Å². The van der Waals surface area contributed by atoms with Crippen LogP contribution in [0.5, 0.6) is 0 Å². The maximum Gasteiger partial charge on any atom is 0.352 e. The Morgan fingerprint density at radius 3 is 2.57 bits per heavy atom. The first-order valence-electron chi connectivity index (χ1n) is 3.94. The van der Waals surface area contributed by atoms with Gasteiger partial charge < -0.3 is 10.1 Å². The molecule has 0 aromatic carbocycles. The predicted molar refractivity (Wildman–Crippen MR) is 48.8 cm³/mol. The summed E-state index contributed by atoms with van der Waals surface area (Å²) in [5.74, 6) is -0.979. The summed E-state index contributed by atoms with van der Waals surface area (Å²) in [6.07, 6.45) is 6.29. The molecule has 5 nitrogen and oxygen atoms in total. The van der Waals surface area contributed by atoms with Crippen LogP contribution in [-0.4, -0.2) is 26.0 Å². The molecule has 2 heterocycles. The van der Waals surface area contributed by atoms with Gasteiger partial charge in [0.2, 0.25) is 0 Å². The van der Waals surface area contributed by atoms with E-state index in [0.717, 1.165) is 11.1 Å². The van der Waals surface area contributed by atoms with Crippen LogP contribution >= 0.6 is 0 Å². The third-order valence-electron chi connectivity index (χ3n) is 1.81. The van der Waals surface area contributed by atoms with Crippen LogP contribution in [0.25, 0.3) is 11.1 Å². The molecule has 70 valence electrons. The maximum absolute atomic E-state index is 10.6. The molecular formula is C9H7N3O2. The van der Waals surface area contributed by atoms with Gasteiger partial charge in [-0.3, -0.25) is 0 Å². The van der Waals surface area contributed by atoms with Crippen molar-refractivity contribution in [1.82, 2.24) is 15.0 Å². The number of hydrogen-bond acceptors (Lipinski definition) is 3. The molecule has 0 fully saturated rings. The lowest BCUT2D eigenvalue weighted by Gasteiger charge is -1.92. The highest BCUT2D eigenvalue weighted by Gasteiger charge is 2.07. The molecular weight excluding hydrogens is 182 g/mol. The van der Waals surface area contributed by atoms with Gasteiger partial charge in [-0.2, -0.15) is 0 Å². The molecule has 0 saturated heterocycles. The molecule has 0 unspecified atom stereocenters. The Labute approximate surface area is 79.5 Å². The molecule has 0 aliphatic rings. The number of aromatic amines is 1. The minimum absolute atomic E-state index is 0.156. The fourth-order valence-electron chi connectivity index (χ4n) is 1.13. The fraction of sp³-hybridized carbons (Fsp3) is 0. The van der Waals surface area contributed by atoms with Crippen LogP contribution in [0.15, 0.2) is 31.0 Å². The summed E-state index contributed by atoms with van der Waals surface area (Å²) in [7, 11) is 0. The summed E-state index contributed by atoms with van der Waals surface area (Å²) in [6.45, 7) is 0. The molecule has 2 aromatic rings. The molecule has 0 amide bonds. The van der Waals surface area contributed by atoms with Gasteiger partial charge in [-0.05, 0) is 6.07 Å². The predicted octanol–water partition coefficient (Wildman–Crippen LogP) is 1.17. The highest BCUT2D eigenvalue weighted by molar-refractivity contribution is 5.87. The normalized spacial score (nSPS) is 10.0. The van der Waals surface area contributed by atoms with Gasteiger partial charge in [-0.25, -0.2) is 14.8 Å². The molecule has 5 heteroatoms. The molecule has 2 rings (SSSR count). The van der Waals surface area contributed by atoms with Gasteiger partial charge in [0.15, 0.2) is 0 Å². The standard InChI is InChI=1S/C9H7N3O2/c13-9(14)8-1-6(4-12-8)7-2-10-5-11-3-7/h1-5,12H,(H,13,14). The number of rotatable bonds is 2. The van der Waals surface area contributed by atoms with Crippen LogP contribution in [0, 0.1) is 0 Å². The number of H-pyrrole nitrogens is 1. The van der Waals surface area contributed by atoms with E-state index in [2.05, 4.69) is 15.0 Å². The van der Waals surface area contributed by atoms with Crippen molar-refractivity contribution in [2.45, 2.75) is 0 Å². The molecule has 0 aliphatic heterocycles. The van der Waals surface area contributed by atoms with Gasteiger partial charge in [0.1, 0.15) is 12.0 Å². The number of aromatic carboxylic acids is 1. The van der Waals surface area contributed by atoms with E-state index in [1.807, 2.05) is 0 Å². The van der Waals surface area contributed by atoms with Crippen molar-refractivity contribution in [1.29, 1.82) is 0 Å². The van der Waals surface area contributed by atoms with E-state index in [0.29, 0.717) is 0 Å². The lowest BCUT2D eigenvalue weighted by atomic mass is 10.2. The first-order chi connectivity index (χ1) is 6.77. The van der Waals surface area contributed by atoms with Crippen LogP contribution in [-0.2, 0) is 0 Å². The third-order valence-corrected chi connectivity index (χ3v) is 1.81. The second-order valence-corrected chi connectivity index (χ2v) is 2.73. The monoisotopic (exact) mass is 189 g/mol. The van der Waals surface area contributed by atoms with Crippen LogP contribution in [0.2, 0.25) is 0 Å². The number of nitrogens with one attached hydrogen (secondary N) is 1. The Morgan fingerprint density at radius 1 is 1.29 bits per heavy atom. The quantitative estimate of drug-likeness (QED) is 0.743. The summed E-state index contributed by atoms with van der Waals surface area (Å²) in [5.41, 5.74) is 1.71. The van der Waals surface area contributed by atoms with E-state index < -0.39 is 5.97 Å². The molecule has 2 aromatic heterocycles. The number of carboxylic acid groups (broad SMARTS) is 1. The molecule has 0 atom stereocenters. The van der Waals surface area contributed by atoms with Gasteiger partial charge in [-0.1, -0.05) is 0 Å². The van der Waals surface area contributed by atoms with Crippen LogP contribution in [0.3, 0.4) is 0 Å². The largest absolute Gasteiger partial charge is 0.477 e. The highest BCUT2D eigenvalue weighted by atomic mass is 16.4. The second kappa shape index (κ2) is 3.29. The maximum atomic E-state index is 10.6. The van der Waals surface area contributed by atoms with Crippen LogP contribution in [0.4, 0.5) is 0 Å². The molecule has 0 spiro atoms. The summed E-state index contributed by atoms with van der Waals surface area (Å²) in [4.78, 5) is 20.9. The summed E-state index contributed by atoms with van der Waals surface area (Å²) in [6, 6.07) is 1.54. The zero-order chi connectivity index (χ0) is 9.97. The van der Waals surface area contributed by atoms with Crippen molar-refractivity contribution in [3.05, 3.63) is 36.7 Å². The number of nitrogens with zero attached hydrogens (tertiary/aromatic N) is 2. The number of aromatic nitrogens is 3. The Bertz CT molecular complexity index is 450. The van der Waals surface area contributed by atoms with Crippen molar-refractivity contribution < 1.29 is 9.90 Å². The van der Waals surface area contributed by atoms with Crippen LogP contribution < -0.4 is 0 Å². The van der Waals surface area contributed by atoms with E-state index in [-0.39, 0.29) is 5.69 Å². The molecule has 0 saturated carbocycles. The van der Waals surface area contributed by atoms with Crippen LogP contribution in [0.1, 0.15) is 10.5 Å². The topological polar surface area (TPSA) is 78.9 Å². The second-order valence-electron chi connectivity index (χ2n) is 2.73. The average molecular weight is 189 g/mol. The van der Waals surface area contributed by atoms with Gasteiger partial charge in [0.05, 0.1) is 0 Å². The third kappa shape index (κ3) is 1.47. The zero-order valence-corrected chi connectivity index (χ0v) is 7.14. The summed E-state index contributed by atoms with van der Waals surface area (Å²) < 4.78 is 0. The number of carbonyl (C=O) groups is 1. The molecule has 0 radical (unpaired) electrons. The van der Waals surface area contributed by atoms with Crippen molar-refractivity contribution in [3.63, 3.8) is 0 Å². The molecule has 2 N–H and O–H groups in total. The van der Waals surface area contributed by atoms with Crippen molar-refractivity contribution in [2.75, 3.05) is 0 Å². The zero-order valence-electron chi connectivity index (χ0n) is 7.14. The van der Waals surface area contributed by atoms with Gasteiger partial charge in [-0.15, -0.1) is 0 Å². The van der Waals surface area contributed by atoms with E-state index in [4.69, 9.17) is 5.11 Å². The van der Waals surface area contributed by atoms with Crippen molar-refractivity contribution in [2.24, 2.45) is 0 Å². The fourth-order valence-corrected chi connectivity index (χ4v) is 1.13. The number of hydrogen-bond donors (Lipinski definition) is 2. The summed E-state index contributed by atoms with van der Waals surface area (Å²) in [5, 5.41) is 8.68. The summed E-state index contributed by atoms with van der Waals surface area (Å²) >= 11 is 0. The Balaban J connectivity index is 2.39. The Hall–Kier alpha value is -2.17. The highest BCUT2D eigenvalue weighted by Crippen LogP contribution is 2.17. The van der Waals surface area contributed by atoms with E-state index >= 15 is 0 Å². The Morgan fingerprint density at radius 2 is 2.00 bits per heavy atom. The van der Waals surface area contributed by atoms with E-state index in [1.165, 1.54) is 6.33 Å². The minimum Gasteiger partial charge on any atom is -0.477 e. The molecule has 14 heavy (non-hydrogen) atoms. The van der Waals surface area contributed by atoms with Gasteiger partial charge >= 0.3 is 5.97 Å². The number of carboxylic acids is 1.